The summed E-state index contributed by atoms with van der Waals surface area (Å²) in [5.41, 5.74) is 1.88. The molecule has 2 rings (SSSR count). The number of hydrogen-bond donors (Lipinski definition) is 1. The van der Waals surface area contributed by atoms with Gasteiger partial charge in [-0.15, -0.1) is 0 Å². The van der Waals surface area contributed by atoms with E-state index >= 15 is 0 Å². The first-order chi connectivity index (χ1) is 8.20. The van der Waals surface area contributed by atoms with Crippen molar-refractivity contribution in [2.24, 2.45) is 5.92 Å². The minimum absolute atomic E-state index is 0.412. The first-order valence-electron chi connectivity index (χ1n) is 6.19. The molecule has 0 unspecified atom stereocenters. The Hall–Kier alpha value is -1.64. The summed E-state index contributed by atoms with van der Waals surface area (Å²) in [4.78, 5) is 8.95. The average molecular weight is 229 g/mol. The molecule has 1 aromatic heterocycles. The van der Waals surface area contributed by atoms with Gasteiger partial charge in [-0.2, -0.15) is 0 Å². The van der Waals surface area contributed by atoms with Crippen LogP contribution in [0, 0.1) is 5.92 Å². The molecular weight excluding hydrogens is 210 g/mol. The monoisotopic (exact) mass is 229 g/mol. The van der Waals surface area contributed by atoms with Crippen molar-refractivity contribution in [2.45, 2.75) is 33.2 Å². The van der Waals surface area contributed by atoms with Gasteiger partial charge in [-0.25, -0.2) is 4.98 Å². The minimum atomic E-state index is 0.412. The highest BCUT2D eigenvalue weighted by molar-refractivity contribution is 5.75. The fourth-order valence-corrected chi connectivity index (χ4v) is 1.76. The van der Waals surface area contributed by atoms with Gasteiger partial charge in [0.2, 0.25) is 0 Å². The van der Waals surface area contributed by atoms with Gasteiger partial charge in [0.05, 0.1) is 17.2 Å². The van der Waals surface area contributed by atoms with Crippen molar-refractivity contribution in [1.82, 2.24) is 9.97 Å². The third-order valence-corrected chi connectivity index (χ3v) is 3.32. The summed E-state index contributed by atoms with van der Waals surface area (Å²) in [6, 6.07) is 8.34. The van der Waals surface area contributed by atoms with Crippen LogP contribution in [0.3, 0.4) is 0 Å². The molecule has 3 heteroatoms. The Kier molecular flexibility index (Phi) is 3.57. The second-order valence-electron chi connectivity index (χ2n) is 4.56. The van der Waals surface area contributed by atoms with Crippen molar-refractivity contribution in [1.29, 1.82) is 0 Å². The smallest absolute Gasteiger partial charge is 0.145 e. The first-order valence-corrected chi connectivity index (χ1v) is 6.19. The standard InChI is InChI=1S/C14H19N3/c1-4-10(2)11(3)16-14-9-15-12-7-5-6-8-13(12)17-14/h5-11H,4H2,1-3H3,(H,16,17)/t10-,11-/m1/s1. The van der Waals surface area contributed by atoms with Crippen molar-refractivity contribution in [3.05, 3.63) is 30.5 Å². The molecule has 0 aliphatic heterocycles. The van der Waals surface area contributed by atoms with Crippen LogP contribution in [0.1, 0.15) is 27.2 Å². The molecule has 0 saturated carbocycles. The van der Waals surface area contributed by atoms with Gasteiger partial charge in [0.25, 0.3) is 0 Å². The summed E-state index contributed by atoms with van der Waals surface area (Å²) in [6.45, 7) is 6.63. The normalized spacial score (nSPS) is 14.5. The summed E-state index contributed by atoms with van der Waals surface area (Å²) in [7, 11) is 0. The molecule has 1 aromatic carbocycles. The zero-order valence-electron chi connectivity index (χ0n) is 10.6. The van der Waals surface area contributed by atoms with Crippen molar-refractivity contribution < 1.29 is 0 Å². The number of para-hydroxylation sites is 2. The molecule has 1 heterocycles. The van der Waals surface area contributed by atoms with Gasteiger partial charge in [0, 0.05) is 6.04 Å². The third kappa shape index (κ3) is 2.73. The van der Waals surface area contributed by atoms with Crippen LogP contribution in [0.5, 0.6) is 0 Å². The Morgan fingerprint density at radius 1 is 1.18 bits per heavy atom. The van der Waals surface area contributed by atoms with Crippen LogP contribution in [0.15, 0.2) is 30.5 Å². The van der Waals surface area contributed by atoms with E-state index in [1.165, 1.54) is 0 Å². The predicted octanol–water partition coefficient (Wildman–Crippen LogP) is 3.48. The number of aromatic nitrogens is 2. The molecule has 2 aromatic rings. The molecule has 0 radical (unpaired) electrons. The molecule has 0 amide bonds. The second-order valence-corrected chi connectivity index (χ2v) is 4.56. The maximum atomic E-state index is 4.56. The summed E-state index contributed by atoms with van der Waals surface area (Å²) in [6.07, 6.45) is 2.97. The third-order valence-electron chi connectivity index (χ3n) is 3.32. The van der Waals surface area contributed by atoms with Gasteiger partial charge in [-0.1, -0.05) is 32.4 Å². The van der Waals surface area contributed by atoms with E-state index in [0.717, 1.165) is 23.3 Å². The Bertz CT molecular complexity index is 496. The fraction of sp³-hybridized carbons (Fsp3) is 0.429. The van der Waals surface area contributed by atoms with E-state index < -0.39 is 0 Å². The van der Waals surface area contributed by atoms with E-state index in [0.29, 0.717) is 12.0 Å². The molecule has 0 fully saturated rings. The van der Waals surface area contributed by atoms with Crippen molar-refractivity contribution in [2.75, 3.05) is 5.32 Å². The van der Waals surface area contributed by atoms with E-state index in [9.17, 15) is 0 Å². The van der Waals surface area contributed by atoms with E-state index in [4.69, 9.17) is 0 Å². The van der Waals surface area contributed by atoms with Gasteiger partial charge < -0.3 is 5.32 Å². The summed E-state index contributed by atoms with van der Waals surface area (Å²) in [5, 5.41) is 3.41. The number of rotatable bonds is 4. The topological polar surface area (TPSA) is 37.8 Å². The summed E-state index contributed by atoms with van der Waals surface area (Å²) < 4.78 is 0. The minimum Gasteiger partial charge on any atom is -0.366 e. The molecule has 0 saturated heterocycles. The number of anilines is 1. The Morgan fingerprint density at radius 3 is 2.59 bits per heavy atom. The lowest BCUT2D eigenvalue weighted by Gasteiger charge is -2.20. The van der Waals surface area contributed by atoms with E-state index in [-0.39, 0.29) is 0 Å². The number of nitrogens with one attached hydrogen (secondary N) is 1. The van der Waals surface area contributed by atoms with Crippen LogP contribution < -0.4 is 5.32 Å². The molecule has 2 atom stereocenters. The van der Waals surface area contributed by atoms with Crippen molar-refractivity contribution in [3.63, 3.8) is 0 Å². The molecule has 90 valence electrons. The molecular formula is C14H19N3. The van der Waals surface area contributed by atoms with Crippen LogP contribution in [0.2, 0.25) is 0 Å². The molecule has 0 aliphatic rings. The maximum Gasteiger partial charge on any atom is 0.145 e. The Labute approximate surface area is 102 Å². The van der Waals surface area contributed by atoms with Crippen LogP contribution in [-0.4, -0.2) is 16.0 Å². The molecule has 0 aliphatic carbocycles. The van der Waals surface area contributed by atoms with Crippen LogP contribution in [0.4, 0.5) is 5.82 Å². The second kappa shape index (κ2) is 5.13. The number of nitrogens with zero attached hydrogens (tertiary/aromatic N) is 2. The number of benzene rings is 1. The zero-order valence-corrected chi connectivity index (χ0v) is 10.6. The fourth-order valence-electron chi connectivity index (χ4n) is 1.76. The van der Waals surface area contributed by atoms with Crippen molar-refractivity contribution >= 4 is 16.9 Å². The lowest BCUT2D eigenvalue weighted by Crippen LogP contribution is -2.23. The lowest BCUT2D eigenvalue weighted by atomic mass is 10.0. The van der Waals surface area contributed by atoms with Crippen LogP contribution in [0.25, 0.3) is 11.0 Å². The van der Waals surface area contributed by atoms with E-state index in [1.807, 2.05) is 24.3 Å². The largest absolute Gasteiger partial charge is 0.366 e. The molecule has 1 N–H and O–H groups in total. The summed E-state index contributed by atoms with van der Waals surface area (Å²) >= 11 is 0. The number of fused-ring (bicyclic) bond motifs is 1. The highest BCUT2D eigenvalue weighted by Gasteiger charge is 2.10. The molecule has 0 bridgehead atoms. The molecule has 3 nitrogen and oxygen atoms in total. The molecule has 17 heavy (non-hydrogen) atoms. The van der Waals surface area contributed by atoms with Gasteiger partial charge in [-0.3, -0.25) is 4.98 Å². The van der Waals surface area contributed by atoms with E-state index in [2.05, 4.69) is 36.1 Å². The van der Waals surface area contributed by atoms with Gasteiger partial charge in [0.15, 0.2) is 0 Å². The lowest BCUT2D eigenvalue weighted by molar-refractivity contribution is 0.493. The SMILES string of the molecule is CC[C@@H](C)[C@@H](C)Nc1cnc2ccccc2n1. The predicted molar refractivity (Wildman–Crippen MR) is 72.1 cm³/mol. The average Bonchev–Trinajstić information content (AvgIpc) is 2.37. The Balaban J connectivity index is 2.19. The highest BCUT2D eigenvalue weighted by atomic mass is 15.0. The number of hydrogen-bond acceptors (Lipinski definition) is 3. The van der Waals surface area contributed by atoms with Crippen LogP contribution >= 0.6 is 0 Å². The zero-order chi connectivity index (χ0) is 12.3. The maximum absolute atomic E-state index is 4.56. The van der Waals surface area contributed by atoms with Gasteiger partial charge >= 0.3 is 0 Å². The summed E-state index contributed by atoms with van der Waals surface area (Å²) in [5.74, 6) is 1.49. The van der Waals surface area contributed by atoms with E-state index in [1.54, 1.807) is 6.20 Å². The first kappa shape index (κ1) is 11.8. The van der Waals surface area contributed by atoms with Gasteiger partial charge in [0.1, 0.15) is 5.82 Å². The van der Waals surface area contributed by atoms with Crippen molar-refractivity contribution in [3.8, 4) is 0 Å². The van der Waals surface area contributed by atoms with Crippen LogP contribution in [-0.2, 0) is 0 Å². The van der Waals surface area contributed by atoms with Gasteiger partial charge in [-0.05, 0) is 25.0 Å². The molecule has 0 spiro atoms. The highest BCUT2D eigenvalue weighted by Crippen LogP contribution is 2.15. The Morgan fingerprint density at radius 2 is 1.88 bits per heavy atom. The quantitative estimate of drug-likeness (QED) is 0.872.